The van der Waals surface area contributed by atoms with Gasteiger partial charge in [-0.05, 0) is 18.1 Å². The van der Waals surface area contributed by atoms with Crippen LogP contribution in [-0.4, -0.2) is 22.8 Å². The third-order valence-corrected chi connectivity index (χ3v) is 3.51. The molecule has 0 bridgehead atoms. The van der Waals surface area contributed by atoms with Gasteiger partial charge in [-0.15, -0.1) is 0 Å². The second-order valence-electron chi connectivity index (χ2n) is 3.74. The lowest BCUT2D eigenvalue weighted by atomic mass is 10.2. The van der Waals surface area contributed by atoms with Crippen LogP contribution in [0.2, 0.25) is 0 Å². The second-order valence-corrected chi connectivity index (χ2v) is 4.39. The molecule has 0 aliphatic carbocycles. The van der Waals surface area contributed by atoms with Crippen molar-refractivity contribution in [3.63, 3.8) is 0 Å². The third kappa shape index (κ3) is 2.07. The zero-order valence-electron chi connectivity index (χ0n) is 8.56. The van der Waals surface area contributed by atoms with E-state index >= 15 is 0 Å². The number of alkyl halides is 1. The summed E-state index contributed by atoms with van der Waals surface area (Å²) >= 11 is 3.39. The van der Waals surface area contributed by atoms with Crippen molar-refractivity contribution in [2.75, 3.05) is 16.8 Å². The smallest absolute Gasteiger partial charge is 0.227 e. The summed E-state index contributed by atoms with van der Waals surface area (Å²) in [6, 6.07) is 5.35. The Labute approximate surface area is 102 Å². The number of carbonyl (C=O) groups is 1. The second kappa shape index (κ2) is 4.62. The van der Waals surface area contributed by atoms with E-state index in [1.807, 2.05) is 6.07 Å². The molecule has 1 aromatic rings. The number of aromatic nitrogens is 1. The van der Waals surface area contributed by atoms with E-state index in [0.717, 1.165) is 17.6 Å². The topological polar surface area (TPSA) is 57.0 Å². The summed E-state index contributed by atoms with van der Waals surface area (Å²) in [5.74, 6) is 0.485. The Bertz CT molecular complexity index is 438. The van der Waals surface area contributed by atoms with Crippen LogP contribution in [-0.2, 0) is 4.79 Å². The zero-order chi connectivity index (χ0) is 11.5. The summed E-state index contributed by atoms with van der Waals surface area (Å²) in [5.41, 5.74) is 1.14. The fourth-order valence-corrected chi connectivity index (χ4v) is 2.18. The Morgan fingerprint density at radius 1 is 1.62 bits per heavy atom. The van der Waals surface area contributed by atoms with Gasteiger partial charge in [0.2, 0.25) is 5.91 Å². The minimum atomic E-state index is 0.121. The summed E-state index contributed by atoms with van der Waals surface area (Å²) in [7, 11) is 0. The molecule has 1 aliphatic heterocycles. The Hall–Kier alpha value is -1.41. The molecule has 82 valence electrons. The van der Waals surface area contributed by atoms with E-state index in [9.17, 15) is 4.79 Å². The van der Waals surface area contributed by atoms with Gasteiger partial charge in [-0.25, -0.2) is 4.98 Å². The van der Waals surface area contributed by atoms with Gasteiger partial charge in [0.05, 0.1) is 11.9 Å². The largest absolute Gasteiger partial charge is 0.311 e. The number of nitrogens with zero attached hydrogens (tertiary/aromatic N) is 3. The van der Waals surface area contributed by atoms with Crippen LogP contribution in [0.3, 0.4) is 0 Å². The van der Waals surface area contributed by atoms with Crippen molar-refractivity contribution in [3.05, 3.63) is 24.0 Å². The van der Waals surface area contributed by atoms with Crippen LogP contribution in [0.4, 0.5) is 5.69 Å². The van der Waals surface area contributed by atoms with Crippen molar-refractivity contribution < 1.29 is 4.79 Å². The number of halogens is 1. The van der Waals surface area contributed by atoms with Gasteiger partial charge in [0.15, 0.2) is 0 Å². The summed E-state index contributed by atoms with van der Waals surface area (Å²) in [4.78, 5) is 17.4. The van der Waals surface area contributed by atoms with Crippen molar-refractivity contribution in [3.8, 4) is 6.07 Å². The van der Waals surface area contributed by atoms with E-state index in [4.69, 9.17) is 5.26 Å². The third-order valence-electron chi connectivity index (χ3n) is 2.60. The van der Waals surface area contributed by atoms with Crippen molar-refractivity contribution in [2.45, 2.75) is 6.42 Å². The molecule has 5 heteroatoms. The molecule has 1 atom stereocenters. The van der Waals surface area contributed by atoms with E-state index in [1.54, 1.807) is 23.2 Å². The highest BCUT2D eigenvalue weighted by Crippen LogP contribution is 2.25. The molecule has 0 spiro atoms. The summed E-state index contributed by atoms with van der Waals surface area (Å²) in [5, 5.41) is 9.46. The molecule has 4 nitrogen and oxygen atoms in total. The fraction of sp³-hybridized carbons (Fsp3) is 0.364. The first kappa shape index (κ1) is 11.1. The molecular weight excluding hydrogens is 270 g/mol. The number of nitriles is 1. The van der Waals surface area contributed by atoms with Gasteiger partial charge in [0.25, 0.3) is 0 Å². The van der Waals surface area contributed by atoms with E-state index in [2.05, 4.69) is 20.9 Å². The number of hydrogen-bond acceptors (Lipinski definition) is 3. The lowest BCUT2D eigenvalue weighted by molar-refractivity contribution is -0.117. The minimum absolute atomic E-state index is 0.121. The molecule has 2 rings (SSSR count). The summed E-state index contributed by atoms with van der Waals surface area (Å²) < 4.78 is 0. The van der Waals surface area contributed by atoms with Gasteiger partial charge in [-0.1, -0.05) is 15.9 Å². The van der Waals surface area contributed by atoms with Crippen LogP contribution in [0.25, 0.3) is 0 Å². The van der Waals surface area contributed by atoms with Crippen LogP contribution >= 0.6 is 15.9 Å². The first-order valence-electron chi connectivity index (χ1n) is 4.97. The number of rotatable bonds is 2. The first-order chi connectivity index (χ1) is 7.74. The SMILES string of the molecule is N#Cc1ccc(N2CC(CBr)CC2=O)cn1. The molecule has 1 aliphatic rings. The molecule has 1 amide bonds. The van der Waals surface area contributed by atoms with E-state index in [-0.39, 0.29) is 5.91 Å². The highest BCUT2D eigenvalue weighted by atomic mass is 79.9. The lowest BCUT2D eigenvalue weighted by Crippen LogP contribution is -2.24. The van der Waals surface area contributed by atoms with E-state index in [0.29, 0.717) is 18.0 Å². The first-order valence-corrected chi connectivity index (χ1v) is 6.09. The zero-order valence-corrected chi connectivity index (χ0v) is 10.1. The predicted molar refractivity (Wildman–Crippen MR) is 63.2 cm³/mol. The van der Waals surface area contributed by atoms with Gasteiger partial charge in [-0.2, -0.15) is 5.26 Å². The Morgan fingerprint density at radius 3 is 2.94 bits per heavy atom. The average Bonchev–Trinajstić information content (AvgIpc) is 2.71. The molecule has 0 aromatic carbocycles. The Balaban J connectivity index is 2.19. The minimum Gasteiger partial charge on any atom is -0.311 e. The monoisotopic (exact) mass is 279 g/mol. The maximum Gasteiger partial charge on any atom is 0.227 e. The molecule has 0 radical (unpaired) electrons. The quantitative estimate of drug-likeness (QED) is 0.775. The van der Waals surface area contributed by atoms with Crippen LogP contribution in [0.5, 0.6) is 0 Å². The van der Waals surface area contributed by atoms with E-state index in [1.165, 1.54) is 0 Å². The number of hydrogen-bond donors (Lipinski definition) is 0. The highest BCUT2D eigenvalue weighted by molar-refractivity contribution is 9.09. The Morgan fingerprint density at radius 2 is 2.44 bits per heavy atom. The van der Waals surface area contributed by atoms with Crippen LogP contribution in [0, 0.1) is 17.2 Å². The number of amides is 1. The Kier molecular flexibility index (Phi) is 3.20. The molecule has 0 N–H and O–H groups in total. The standard InChI is InChI=1S/C11H10BrN3O/c12-4-8-3-11(16)15(7-8)10-2-1-9(5-13)14-6-10/h1-2,6,8H,3-4,7H2. The number of pyridine rings is 1. The van der Waals surface area contributed by atoms with Crippen LogP contribution in [0.15, 0.2) is 18.3 Å². The van der Waals surface area contributed by atoms with Gasteiger partial charge >= 0.3 is 0 Å². The molecule has 1 saturated heterocycles. The summed E-state index contributed by atoms with van der Waals surface area (Å²) in [6.07, 6.45) is 2.15. The highest BCUT2D eigenvalue weighted by Gasteiger charge is 2.29. The molecule has 1 fully saturated rings. The van der Waals surface area contributed by atoms with Crippen molar-refractivity contribution in [1.82, 2.24) is 4.98 Å². The van der Waals surface area contributed by atoms with Gasteiger partial charge in [0, 0.05) is 18.3 Å². The number of anilines is 1. The van der Waals surface area contributed by atoms with Crippen LogP contribution < -0.4 is 4.90 Å². The average molecular weight is 280 g/mol. The molecule has 1 unspecified atom stereocenters. The van der Waals surface area contributed by atoms with Crippen LogP contribution in [0.1, 0.15) is 12.1 Å². The van der Waals surface area contributed by atoms with Gasteiger partial charge in [0.1, 0.15) is 11.8 Å². The van der Waals surface area contributed by atoms with E-state index < -0.39 is 0 Å². The molecule has 16 heavy (non-hydrogen) atoms. The van der Waals surface area contributed by atoms with Crippen molar-refractivity contribution >= 4 is 27.5 Å². The van der Waals surface area contributed by atoms with Gasteiger partial charge < -0.3 is 4.90 Å². The maximum atomic E-state index is 11.7. The summed E-state index contributed by atoms with van der Waals surface area (Å²) in [6.45, 7) is 0.720. The van der Waals surface area contributed by atoms with Crippen molar-refractivity contribution in [2.24, 2.45) is 5.92 Å². The lowest BCUT2D eigenvalue weighted by Gasteiger charge is -2.15. The normalized spacial score (nSPS) is 19.9. The molecule has 0 saturated carbocycles. The molecule has 2 heterocycles. The maximum absolute atomic E-state index is 11.7. The van der Waals surface area contributed by atoms with Gasteiger partial charge in [-0.3, -0.25) is 4.79 Å². The fourth-order valence-electron chi connectivity index (χ4n) is 1.75. The number of carbonyl (C=O) groups excluding carboxylic acids is 1. The van der Waals surface area contributed by atoms with Crippen molar-refractivity contribution in [1.29, 1.82) is 5.26 Å². The molecule has 1 aromatic heterocycles. The molecular formula is C11H10BrN3O. The predicted octanol–water partition coefficient (Wildman–Crippen LogP) is 1.70.